The normalized spacial score (nSPS) is 10.1. The van der Waals surface area contributed by atoms with Crippen LogP contribution in [0.25, 0.3) is 0 Å². The van der Waals surface area contributed by atoms with Gasteiger partial charge in [0, 0.05) is 15.7 Å². The van der Waals surface area contributed by atoms with Gasteiger partial charge in [0.05, 0.1) is 25.2 Å². The van der Waals surface area contributed by atoms with Crippen molar-refractivity contribution in [1.82, 2.24) is 0 Å². The van der Waals surface area contributed by atoms with Crippen LogP contribution < -0.4 is 14.8 Å². The van der Waals surface area contributed by atoms with Crippen LogP contribution in [-0.4, -0.2) is 13.0 Å². The van der Waals surface area contributed by atoms with Crippen molar-refractivity contribution in [2.45, 2.75) is 13.0 Å². The molecule has 0 fully saturated rings. The predicted molar refractivity (Wildman–Crippen MR) is 115 cm³/mol. The number of hydrogen-bond donors (Lipinski definition) is 1. The van der Waals surface area contributed by atoms with E-state index in [1.165, 1.54) is 0 Å². The van der Waals surface area contributed by atoms with E-state index in [0.717, 1.165) is 11.1 Å². The van der Waals surface area contributed by atoms with E-state index in [0.29, 0.717) is 40.3 Å². The molecule has 1 amide bonds. The average Bonchev–Trinajstić information content (AvgIpc) is 2.74. The summed E-state index contributed by atoms with van der Waals surface area (Å²) < 4.78 is 11.7. The molecule has 5 nitrogen and oxygen atoms in total. The summed E-state index contributed by atoms with van der Waals surface area (Å²) in [5.41, 5.74) is 2.94. The Balaban J connectivity index is 1.72. The number of amides is 1. The Morgan fingerprint density at radius 1 is 1.07 bits per heavy atom. The molecule has 0 radical (unpaired) electrons. The molecule has 0 saturated carbocycles. The molecule has 0 spiro atoms. The molecule has 146 valence electrons. The van der Waals surface area contributed by atoms with Crippen molar-refractivity contribution >= 4 is 27.5 Å². The Kier molecular flexibility index (Phi) is 6.88. The molecule has 1 N–H and O–H groups in total. The monoisotopic (exact) mass is 450 g/mol. The minimum atomic E-state index is -0.246. The average molecular weight is 451 g/mol. The molecule has 0 saturated heterocycles. The third-order valence-corrected chi connectivity index (χ3v) is 4.98. The number of nitrogens with zero attached hydrogens (tertiary/aromatic N) is 1. The zero-order chi connectivity index (χ0) is 20.6. The fraction of sp³-hybridized carbons (Fsp3) is 0.130. The van der Waals surface area contributed by atoms with Crippen molar-refractivity contribution in [1.29, 1.82) is 5.26 Å². The van der Waals surface area contributed by atoms with Gasteiger partial charge >= 0.3 is 0 Å². The van der Waals surface area contributed by atoms with Crippen LogP contribution in [0.5, 0.6) is 11.5 Å². The lowest BCUT2D eigenvalue weighted by atomic mass is 10.1. The van der Waals surface area contributed by atoms with Crippen molar-refractivity contribution in [3.8, 4) is 17.6 Å². The number of rotatable bonds is 7. The standard InChI is InChI=1S/C23H19BrN2O3/c1-28-19-10-11-21(24)20(14-19)23(27)26-22-5-3-2-4-17(22)15-29-18-8-6-16(7-9-18)12-13-25/h2-11,14H,12,15H2,1H3,(H,26,27). The lowest BCUT2D eigenvalue weighted by Gasteiger charge is -2.13. The molecule has 29 heavy (non-hydrogen) atoms. The fourth-order valence-corrected chi connectivity index (χ4v) is 3.15. The SMILES string of the molecule is COc1ccc(Br)c(C(=O)Nc2ccccc2COc2ccc(CC#N)cc2)c1. The van der Waals surface area contributed by atoms with E-state index in [2.05, 4.69) is 27.3 Å². The van der Waals surface area contributed by atoms with Gasteiger partial charge in [0.15, 0.2) is 0 Å². The van der Waals surface area contributed by atoms with Crippen molar-refractivity contribution < 1.29 is 14.3 Å². The smallest absolute Gasteiger partial charge is 0.256 e. The molecule has 0 aromatic heterocycles. The highest BCUT2D eigenvalue weighted by Crippen LogP contribution is 2.25. The minimum absolute atomic E-state index is 0.246. The maximum absolute atomic E-state index is 12.8. The van der Waals surface area contributed by atoms with E-state index in [1.54, 1.807) is 25.3 Å². The molecule has 0 bridgehead atoms. The number of anilines is 1. The van der Waals surface area contributed by atoms with Gasteiger partial charge in [-0.15, -0.1) is 0 Å². The molecule has 0 aliphatic carbocycles. The van der Waals surface area contributed by atoms with E-state index >= 15 is 0 Å². The zero-order valence-corrected chi connectivity index (χ0v) is 17.4. The Morgan fingerprint density at radius 3 is 2.52 bits per heavy atom. The van der Waals surface area contributed by atoms with Gasteiger partial charge in [0.1, 0.15) is 18.1 Å². The molecule has 3 aromatic carbocycles. The topological polar surface area (TPSA) is 71.3 Å². The highest BCUT2D eigenvalue weighted by molar-refractivity contribution is 9.10. The highest BCUT2D eigenvalue weighted by Gasteiger charge is 2.13. The quantitative estimate of drug-likeness (QED) is 0.526. The van der Waals surface area contributed by atoms with Gasteiger partial charge < -0.3 is 14.8 Å². The predicted octanol–water partition coefficient (Wildman–Crippen LogP) is 5.36. The van der Waals surface area contributed by atoms with E-state index < -0.39 is 0 Å². The third-order valence-electron chi connectivity index (χ3n) is 4.28. The zero-order valence-electron chi connectivity index (χ0n) is 15.8. The molecular weight excluding hydrogens is 432 g/mol. The van der Waals surface area contributed by atoms with Crippen molar-refractivity contribution in [3.05, 3.63) is 87.9 Å². The molecule has 0 atom stereocenters. The molecule has 0 aliphatic heterocycles. The molecule has 3 aromatic rings. The molecule has 0 aliphatic rings. The van der Waals surface area contributed by atoms with Gasteiger partial charge in [0.25, 0.3) is 5.91 Å². The Bertz CT molecular complexity index is 1040. The number of methoxy groups -OCH3 is 1. The summed E-state index contributed by atoms with van der Waals surface area (Å²) in [6, 6.07) is 22.3. The van der Waals surface area contributed by atoms with Crippen LogP contribution in [-0.2, 0) is 13.0 Å². The second-order valence-electron chi connectivity index (χ2n) is 6.22. The van der Waals surface area contributed by atoms with E-state index in [4.69, 9.17) is 14.7 Å². The van der Waals surface area contributed by atoms with E-state index in [-0.39, 0.29) is 5.91 Å². The van der Waals surface area contributed by atoms with Gasteiger partial charge in [-0.2, -0.15) is 5.26 Å². The first-order valence-corrected chi connectivity index (χ1v) is 9.71. The second-order valence-corrected chi connectivity index (χ2v) is 7.08. The van der Waals surface area contributed by atoms with Crippen LogP contribution in [0.4, 0.5) is 5.69 Å². The summed E-state index contributed by atoms with van der Waals surface area (Å²) in [6.07, 6.45) is 0.370. The van der Waals surface area contributed by atoms with Crippen LogP contribution in [0.1, 0.15) is 21.5 Å². The van der Waals surface area contributed by atoms with Gasteiger partial charge in [-0.25, -0.2) is 0 Å². The molecular formula is C23H19BrN2O3. The second kappa shape index (κ2) is 9.76. The first kappa shape index (κ1) is 20.4. The maximum atomic E-state index is 12.8. The summed E-state index contributed by atoms with van der Waals surface area (Å²) in [5, 5.41) is 11.7. The van der Waals surface area contributed by atoms with Crippen LogP contribution >= 0.6 is 15.9 Å². The number of carbonyl (C=O) groups excluding carboxylic acids is 1. The lowest BCUT2D eigenvalue weighted by Crippen LogP contribution is -2.14. The fourth-order valence-electron chi connectivity index (χ4n) is 2.72. The van der Waals surface area contributed by atoms with Gasteiger partial charge in [0.2, 0.25) is 0 Å². The largest absolute Gasteiger partial charge is 0.497 e. The Labute approximate surface area is 178 Å². The van der Waals surface area contributed by atoms with Crippen molar-refractivity contribution in [2.24, 2.45) is 0 Å². The van der Waals surface area contributed by atoms with Crippen LogP contribution in [0.2, 0.25) is 0 Å². The first-order valence-electron chi connectivity index (χ1n) is 8.92. The Hall–Kier alpha value is -3.30. The number of nitrogens with one attached hydrogen (secondary N) is 1. The first-order chi connectivity index (χ1) is 14.1. The molecule has 0 unspecified atom stereocenters. The number of nitriles is 1. The summed E-state index contributed by atoms with van der Waals surface area (Å²) in [4.78, 5) is 12.8. The van der Waals surface area contributed by atoms with Gasteiger partial charge in [-0.3, -0.25) is 4.79 Å². The number of ether oxygens (including phenoxy) is 2. The summed E-state index contributed by atoms with van der Waals surface area (Å²) in [7, 11) is 1.56. The van der Waals surface area contributed by atoms with E-state index in [1.807, 2.05) is 48.5 Å². The number of benzene rings is 3. The van der Waals surface area contributed by atoms with Crippen molar-refractivity contribution in [3.63, 3.8) is 0 Å². The minimum Gasteiger partial charge on any atom is -0.497 e. The number of hydrogen-bond acceptors (Lipinski definition) is 4. The maximum Gasteiger partial charge on any atom is 0.256 e. The lowest BCUT2D eigenvalue weighted by molar-refractivity contribution is 0.102. The summed E-state index contributed by atoms with van der Waals surface area (Å²) in [5.74, 6) is 1.06. The molecule has 6 heteroatoms. The van der Waals surface area contributed by atoms with E-state index in [9.17, 15) is 4.79 Å². The van der Waals surface area contributed by atoms with Gasteiger partial charge in [-0.05, 0) is 57.9 Å². The molecule has 3 rings (SSSR count). The van der Waals surface area contributed by atoms with Crippen molar-refractivity contribution in [2.75, 3.05) is 12.4 Å². The summed E-state index contributed by atoms with van der Waals surface area (Å²) >= 11 is 3.41. The van der Waals surface area contributed by atoms with Gasteiger partial charge in [-0.1, -0.05) is 30.3 Å². The van der Waals surface area contributed by atoms with Crippen LogP contribution in [0.3, 0.4) is 0 Å². The number of carbonyl (C=O) groups is 1. The molecule has 0 heterocycles. The third kappa shape index (κ3) is 5.37. The van der Waals surface area contributed by atoms with Crippen LogP contribution in [0, 0.1) is 11.3 Å². The summed E-state index contributed by atoms with van der Waals surface area (Å²) in [6.45, 7) is 0.299. The number of para-hydroxylation sites is 1. The Morgan fingerprint density at radius 2 is 1.79 bits per heavy atom. The number of halogens is 1. The van der Waals surface area contributed by atoms with Crippen LogP contribution in [0.15, 0.2) is 71.2 Å². The highest BCUT2D eigenvalue weighted by atomic mass is 79.9.